The largest absolute Gasteiger partial charge is 0.497 e. The molecule has 3 fully saturated rings. The maximum Gasteiger partial charge on any atom is 0.233 e. The molecule has 0 N–H and O–H groups in total. The second-order valence-electron chi connectivity index (χ2n) is 7.76. The number of rotatable bonds is 4. The van der Waals surface area contributed by atoms with Crippen molar-refractivity contribution < 1.29 is 9.53 Å². The molecule has 130 valence electrons. The standard InChI is InChI=1S/C20H28N2O2/c1-15-5-3-4-12-22(15)17-13-21(14-17)19(23)20(10-11-20)16-6-8-18(24-2)9-7-16/h6-9,15,17H,3-5,10-14H2,1-2H3. The van der Waals surface area contributed by atoms with Gasteiger partial charge in [0.2, 0.25) is 5.91 Å². The Bertz CT molecular complexity index is 603. The number of carbonyl (C=O) groups is 1. The number of nitrogens with zero attached hydrogens (tertiary/aromatic N) is 2. The summed E-state index contributed by atoms with van der Waals surface area (Å²) in [7, 11) is 1.68. The van der Waals surface area contributed by atoms with Gasteiger partial charge in [-0.2, -0.15) is 0 Å². The van der Waals surface area contributed by atoms with Crippen LogP contribution in [0, 0.1) is 0 Å². The number of carbonyl (C=O) groups excluding carboxylic acids is 1. The summed E-state index contributed by atoms with van der Waals surface area (Å²) in [6.07, 6.45) is 5.94. The number of likely N-dealkylation sites (tertiary alicyclic amines) is 2. The van der Waals surface area contributed by atoms with E-state index in [1.54, 1.807) is 7.11 Å². The average Bonchev–Trinajstić information content (AvgIpc) is 3.37. The van der Waals surface area contributed by atoms with Gasteiger partial charge in [0.05, 0.1) is 12.5 Å². The Balaban J connectivity index is 1.40. The van der Waals surface area contributed by atoms with Gasteiger partial charge in [0.1, 0.15) is 5.75 Å². The predicted octanol–water partition coefficient (Wildman–Crippen LogP) is 2.81. The minimum atomic E-state index is -0.245. The molecule has 4 nitrogen and oxygen atoms in total. The van der Waals surface area contributed by atoms with Crippen LogP contribution in [0.1, 0.15) is 44.6 Å². The Kier molecular flexibility index (Phi) is 4.03. The normalized spacial score (nSPS) is 26.8. The van der Waals surface area contributed by atoms with Gasteiger partial charge in [-0.15, -0.1) is 0 Å². The first-order valence-corrected chi connectivity index (χ1v) is 9.34. The van der Waals surface area contributed by atoms with Gasteiger partial charge < -0.3 is 9.64 Å². The van der Waals surface area contributed by atoms with E-state index in [2.05, 4.69) is 28.9 Å². The van der Waals surface area contributed by atoms with Crippen LogP contribution in [0.25, 0.3) is 0 Å². The second-order valence-corrected chi connectivity index (χ2v) is 7.76. The van der Waals surface area contributed by atoms with Crippen LogP contribution in [-0.4, -0.2) is 54.5 Å². The zero-order valence-electron chi connectivity index (χ0n) is 14.8. The molecule has 4 rings (SSSR count). The summed E-state index contributed by atoms with van der Waals surface area (Å²) in [4.78, 5) is 17.8. The van der Waals surface area contributed by atoms with Crippen LogP contribution in [0.3, 0.4) is 0 Å². The highest BCUT2D eigenvalue weighted by molar-refractivity contribution is 5.92. The molecule has 2 saturated heterocycles. The molecule has 1 saturated carbocycles. The summed E-state index contributed by atoms with van der Waals surface area (Å²) in [6, 6.07) is 9.32. The highest BCUT2D eigenvalue weighted by atomic mass is 16.5. The van der Waals surface area contributed by atoms with E-state index in [4.69, 9.17) is 4.74 Å². The lowest BCUT2D eigenvalue weighted by molar-refractivity contribution is -0.142. The maximum atomic E-state index is 13.1. The molecule has 2 heterocycles. The first-order chi connectivity index (χ1) is 11.6. The minimum Gasteiger partial charge on any atom is -0.497 e. The van der Waals surface area contributed by atoms with Gasteiger partial charge in [0.25, 0.3) is 0 Å². The number of amides is 1. The number of piperidine rings is 1. The fraction of sp³-hybridized carbons (Fsp3) is 0.650. The van der Waals surface area contributed by atoms with E-state index >= 15 is 0 Å². The van der Waals surface area contributed by atoms with Gasteiger partial charge in [-0.05, 0) is 56.8 Å². The van der Waals surface area contributed by atoms with Gasteiger partial charge in [0, 0.05) is 25.2 Å². The number of benzene rings is 1. The second kappa shape index (κ2) is 6.07. The first kappa shape index (κ1) is 15.9. The Morgan fingerprint density at radius 3 is 2.46 bits per heavy atom. The van der Waals surface area contributed by atoms with Crippen molar-refractivity contribution in [3.05, 3.63) is 29.8 Å². The highest BCUT2D eigenvalue weighted by Crippen LogP contribution is 2.50. The zero-order chi connectivity index (χ0) is 16.7. The van der Waals surface area contributed by atoms with Crippen molar-refractivity contribution in [3.8, 4) is 5.75 Å². The van der Waals surface area contributed by atoms with Crippen molar-refractivity contribution in [3.63, 3.8) is 0 Å². The molecule has 1 aliphatic carbocycles. The lowest BCUT2D eigenvalue weighted by Gasteiger charge is -2.50. The van der Waals surface area contributed by atoms with Crippen molar-refractivity contribution in [2.45, 2.75) is 56.5 Å². The lowest BCUT2D eigenvalue weighted by Crippen LogP contribution is -2.64. The Labute approximate surface area is 144 Å². The molecule has 1 aromatic rings. The van der Waals surface area contributed by atoms with Crippen LogP contribution in [0.2, 0.25) is 0 Å². The van der Waals surface area contributed by atoms with Gasteiger partial charge in [0.15, 0.2) is 0 Å². The van der Waals surface area contributed by atoms with Crippen LogP contribution in [0.5, 0.6) is 5.75 Å². The SMILES string of the molecule is COc1ccc(C2(C(=O)N3CC(N4CCCCC4C)C3)CC2)cc1. The van der Waals surface area contributed by atoms with E-state index in [-0.39, 0.29) is 5.41 Å². The van der Waals surface area contributed by atoms with E-state index in [1.165, 1.54) is 25.8 Å². The van der Waals surface area contributed by atoms with Crippen molar-refractivity contribution >= 4 is 5.91 Å². The summed E-state index contributed by atoms with van der Waals surface area (Å²) in [6.45, 7) is 5.38. The highest BCUT2D eigenvalue weighted by Gasteiger charge is 2.55. The van der Waals surface area contributed by atoms with Crippen molar-refractivity contribution in [2.75, 3.05) is 26.7 Å². The monoisotopic (exact) mass is 328 g/mol. The Morgan fingerprint density at radius 1 is 1.17 bits per heavy atom. The zero-order valence-corrected chi connectivity index (χ0v) is 14.8. The Morgan fingerprint density at radius 2 is 1.88 bits per heavy atom. The van der Waals surface area contributed by atoms with E-state index in [1.807, 2.05) is 12.1 Å². The predicted molar refractivity (Wildman–Crippen MR) is 94.3 cm³/mol. The molecular weight excluding hydrogens is 300 g/mol. The molecule has 4 heteroatoms. The summed E-state index contributed by atoms with van der Waals surface area (Å²) in [5.74, 6) is 1.19. The van der Waals surface area contributed by atoms with E-state index in [0.29, 0.717) is 18.0 Å². The molecule has 3 aliphatic rings. The van der Waals surface area contributed by atoms with Crippen LogP contribution in [0.15, 0.2) is 24.3 Å². The van der Waals surface area contributed by atoms with Crippen molar-refractivity contribution in [2.24, 2.45) is 0 Å². The molecule has 0 spiro atoms. The fourth-order valence-electron chi connectivity index (χ4n) is 4.46. The first-order valence-electron chi connectivity index (χ1n) is 9.34. The molecule has 0 aromatic heterocycles. The average molecular weight is 328 g/mol. The quantitative estimate of drug-likeness (QED) is 0.852. The number of ether oxygens (including phenoxy) is 1. The number of methoxy groups -OCH3 is 1. The molecule has 1 unspecified atom stereocenters. The summed E-state index contributed by atoms with van der Waals surface area (Å²) in [5, 5.41) is 0. The maximum absolute atomic E-state index is 13.1. The van der Waals surface area contributed by atoms with Gasteiger partial charge in [-0.3, -0.25) is 9.69 Å². The molecule has 0 bridgehead atoms. The van der Waals surface area contributed by atoms with Crippen LogP contribution >= 0.6 is 0 Å². The van der Waals surface area contributed by atoms with Gasteiger partial charge >= 0.3 is 0 Å². The van der Waals surface area contributed by atoms with Gasteiger partial charge in [-0.1, -0.05) is 18.6 Å². The van der Waals surface area contributed by atoms with Crippen LogP contribution in [0.4, 0.5) is 0 Å². The van der Waals surface area contributed by atoms with E-state index < -0.39 is 0 Å². The van der Waals surface area contributed by atoms with Crippen molar-refractivity contribution in [1.29, 1.82) is 0 Å². The lowest BCUT2D eigenvalue weighted by atomic mass is 9.91. The third-order valence-electron chi connectivity index (χ3n) is 6.27. The third kappa shape index (κ3) is 2.61. The summed E-state index contributed by atoms with van der Waals surface area (Å²) >= 11 is 0. The Hall–Kier alpha value is -1.55. The van der Waals surface area contributed by atoms with Crippen LogP contribution in [-0.2, 0) is 10.2 Å². The molecular formula is C20H28N2O2. The number of hydrogen-bond acceptors (Lipinski definition) is 3. The van der Waals surface area contributed by atoms with E-state index in [0.717, 1.165) is 37.2 Å². The molecule has 2 aliphatic heterocycles. The van der Waals surface area contributed by atoms with Crippen LogP contribution < -0.4 is 4.74 Å². The molecule has 1 amide bonds. The van der Waals surface area contributed by atoms with Crippen molar-refractivity contribution in [1.82, 2.24) is 9.80 Å². The topological polar surface area (TPSA) is 32.8 Å². The fourth-order valence-corrected chi connectivity index (χ4v) is 4.46. The smallest absolute Gasteiger partial charge is 0.233 e. The third-order valence-corrected chi connectivity index (χ3v) is 6.27. The number of hydrogen-bond donors (Lipinski definition) is 0. The summed E-state index contributed by atoms with van der Waals surface area (Å²) < 4.78 is 5.23. The molecule has 24 heavy (non-hydrogen) atoms. The molecule has 1 aromatic carbocycles. The molecule has 1 atom stereocenters. The molecule has 0 radical (unpaired) electrons. The summed E-state index contributed by atoms with van der Waals surface area (Å²) in [5.41, 5.74) is 0.910. The minimum absolute atomic E-state index is 0.245. The van der Waals surface area contributed by atoms with E-state index in [9.17, 15) is 4.79 Å². The van der Waals surface area contributed by atoms with Gasteiger partial charge in [-0.25, -0.2) is 0 Å².